The molecule has 7 aromatic rings. The minimum atomic E-state index is 0.470. The number of allylic oxidation sites excluding steroid dienone is 3. The minimum Gasteiger partial charge on any atom is -0.309 e. The Morgan fingerprint density at radius 1 is 0.550 bits per heavy atom. The molecule has 1 nitrogen and oxygen atoms in total. The lowest BCUT2D eigenvalue weighted by Crippen LogP contribution is -2.06. The smallest absolute Gasteiger partial charge is 0.0541 e. The summed E-state index contributed by atoms with van der Waals surface area (Å²) in [5, 5.41) is 8.16. The van der Waals surface area contributed by atoms with E-state index < -0.39 is 0 Å². The average molecular weight is 528 g/mol. The van der Waals surface area contributed by atoms with Crippen molar-refractivity contribution in [2.24, 2.45) is 0 Å². The van der Waals surface area contributed by atoms with Crippen LogP contribution in [0.2, 0.25) is 0 Å². The van der Waals surface area contributed by atoms with Crippen molar-refractivity contribution in [3.63, 3.8) is 0 Å². The maximum absolute atomic E-state index is 2.46. The van der Waals surface area contributed by atoms with Crippen molar-refractivity contribution in [3.05, 3.63) is 145 Å². The van der Waals surface area contributed by atoms with Gasteiger partial charge >= 0.3 is 0 Å². The summed E-state index contributed by atoms with van der Waals surface area (Å²) in [5.74, 6) is 0.470. The molecule has 1 aliphatic carbocycles. The Morgan fingerprint density at radius 2 is 1.32 bits per heavy atom. The van der Waals surface area contributed by atoms with Gasteiger partial charge < -0.3 is 4.57 Å². The van der Waals surface area contributed by atoms with Gasteiger partial charge in [0.2, 0.25) is 0 Å². The Balaban J connectivity index is 1.29. The molecule has 0 radical (unpaired) electrons. The van der Waals surface area contributed by atoms with Gasteiger partial charge in [-0.2, -0.15) is 0 Å². The summed E-state index contributed by atoms with van der Waals surface area (Å²) in [4.78, 5) is 1.43. The van der Waals surface area contributed by atoms with Gasteiger partial charge in [0.05, 0.1) is 16.7 Å². The van der Waals surface area contributed by atoms with Crippen LogP contribution in [0.3, 0.4) is 0 Å². The lowest BCUT2D eigenvalue weighted by atomic mass is 9.90. The van der Waals surface area contributed by atoms with Crippen LogP contribution in [0, 0.1) is 0 Å². The van der Waals surface area contributed by atoms with E-state index in [9.17, 15) is 0 Å². The highest BCUT2D eigenvalue weighted by atomic mass is 32.2. The topological polar surface area (TPSA) is 4.93 Å². The van der Waals surface area contributed by atoms with Crippen molar-refractivity contribution in [3.8, 4) is 16.8 Å². The van der Waals surface area contributed by atoms with Crippen molar-refractivity contribution < 1.29 is 0 Å². The van der Waals surface area contributed by atoms with Crippen LogP contribution in [-0.4, -0.2) is 9.82 Å². The van der Waals surface area contributed by atoms with Crippen molar-refractivity contribution in [1.82, 2.24) is 4.57 Å². The van der Waals surface area contributed by atoms with E-state index in [0.717, 1.165) is 0 Å². The van der Waals surface area contributed by atoms with Gasteiger partial charge in [-0.25, -0.2) is 0 Å². The second-order valence-electron chi connectivity index (χ2n) is 10.9. The molecule has 1 aliphatic heterocycles. The third-order valence-corrected chi connectivity index (χ3v) is 10.1. The Kier molecular flexibility index (Phi) is 4.73. The van der Waals surface area contributed by atoms with E-state index in [2.05, 4.69) is 144 Å². The summed E-state index contributed by atoms with van der Waals surface area (Å²) in [6.45, 7) is 0. The van der Waals surface area contributed by atoms with E-state index in [4.69, 9.17) is 0 Å². The Labute approximate surface area is 237 Å². The highest BCUT2D eigenvalue weighted by Crippen LogP contribution is 2.52. The van der Waals surface area contributed by atoms with Gasteiger partial charge in [-0.15, -0.1) is 11.8 Å². The van der Waals surface area contributed by atoms with E-state index in [0.29, 0.717) is 11.2 Å². The molecule has 1 aromatic heterocycles. The number of hydrogen-bond donors (Lipinski definition) is 0. The van der Waals surface area contributed by atoms with Crippen LogP contribution < -0.4 is 0 Å². The standard InChI is InChI=1S/C38H25NS/c1-2-10-25-22-32-26(21-24(25)9-1)11-7-17-35(32)39-34-16-5-3-12-29(34)33-23-27(19-20-36(33)39)28-14-8-15-31-30-13-4-6-18-37(30)40-38(28)31/h1-23,30,37H. The Bertz CT molecular complexity index is 2210. The van der Waals surface area contributed by atoms with Crippen LogP contribution in [0.5, 0.6) is 0 Å². The fraction of sp³-hybridized carbons (Fsp3) is 0.0526. The first kappa shape index (κ1) is 22.3. The number of rotatable bonds is 2. The van der Waals surface area contributed by atoms with Gasteiger partial charge in [0.15, 0.2) is 0 Å². The molecule has 0 saturated heterocycles. The first-order valence-corrected chi connectivity index (χ1v) is 14.8. The Morgan fingerprint density at radius 3 is 2.27 bits per heavy atom. The summed E-state index contributed by atoms with van der Waals surface area (Å²) in [7, 11) is 0. The number of benzene rings is 6. The maximum Gasteiger partial charge on any atom is 0.0541 e. The van der Waals surface area contributed by atoms with Crippen LogP contribution >= 0.6 is 11.8 Å². The molecule has 188 valence electrons. The van der Waals surface area contributed by atoms with Crippen molar-refractivity contribution in [2.45, 2.75) is 16.1 Å². The van der Waals surface area contributed by atoms with Gasteiger partial charge in [0.25, 0.3) is 0 Å². The first-order valence-electron chi connectivity index (χ1n) is 13.9. The van der Waals surface area contributed by atoms with Gasteiger partial charge in [-0.3, -0.25) is 0 Å². The molecule has 0 N–H and O–H groups in total. The normalized spacial score (nSPS) is 17.7. The van der Waals surface area contributed by atoms with Crippen LogP contribution in [0.1, 0.15) is 11.5 Å². The second kappa shape index (κ2) is 8.48. The molecular formula is C38H25NS. The van der Waals surface area contributed by atoms with E-state index in [1.165, 1.54) is 70.6 Å². The lowest BCUT2D eigenvalue weighted by Gasteiger charge is -2.14. The average Bonchev–Trinajstić information content (AvgIpc) is 3.55. The van der Waals surface area contributed by atoms with Crippen LogP contribution in [-0.2, 0) is 0 Å². The summed E-state index contributed by atoms with van der Waals surface area (Å²) >= 11 is 2.01. The quantitative estimate of drug-likeness (QED) is 0.202. The minimum absolute atomic E-state index is 0.470. The summed E-state index contributed by atoms with van der Waals surface area (Å²) in [6, 6.07) is 42.8. The van der Waals surface area contributed by atoms with Gasteiger partial charge in [0.1, 0.15) is 0 Å². The van der Waals surface area contributed by atoms with E-state index in [1.54, 1.807) is 0 Å². The second-order valence-corrected chi connectivity index (χ2v) is 12.1. The number of fused-ring (bicyclic) bond motifs is 8. The zero-order valence-electron chi connectivity index (χ0n) is 21.8. The zero-order chi connectivity index (χ0) is 26.2. The van der Waals surface area contributed by atoms with Gasteiger partial charge in [0, 0.05) is 32.2 Å². The monoisotopic (exact) mass is 527 g/mol. The summed E-state index contributed by atoms with van der Waals surface area (Å²) < 4.78 is 2.46. The van der Waals surface area contributed by atoms with Crippen LogP contribution in [0.15, 0.2) is 144 Å². The largest absolute Gasteiger partial charge is 0.309 e. The highest BCUT2D eigenvalue weighted by molar-refractivity contribution is 8.00. The van der Waals surface area contributed by atoms with E-state index in [-0.39, 0.29) is 0 Å². The summed E-state index contributed by atoms with van der Waals surface area (Å²) in [5.41, 5.74) is 7.79. The van der Waals surface area contributed by atoms with Crippen molar-refractivity contribution in [2.75, 3.05) is 0 Å². The molecule has 0 bridgehead atoms. The summed E-state index contributed by atoms with van der Waals surface area (Å²) in [6.07, 6.45) is 9.10. The molecule has 2 atom stereocenters. The number of hydrogen-bond acceptors (Lipinski definition) is 1. The molecule has 0 spiro atoms. The number of para-hydroxylation sites is 1. The molecule has 6 aromatic carbocycles. The molecule has 2 heterocycles. The number of nitrogens with zero attached hydrogens (tertiary/aromatic N) is 1. The molecular weight excluding hydrogens is 502 g/mol. The Hall–Kier alpha value is -4.53. The SMILES string of the molecule is C1=CC2Sc3c(-c4ccc5c(c4)c4ccccc4n5-c4cccc5cc6ccccc6cc45)cccc3C2C=C1. The molecule has 0 amide bonds. The van der Waals surface area contributed by atoms with Crippen LogP contribution in [0.25, 0.3) is 60.2 Å². The predicted molar refractivity (Wildman–Crippen MR) is 172 cm³/mol. The highest BCUT2D eigenvalue weighted by Gasteiger charge is 2.32. The fourth-order valence-electron chi connectivity index (χ4n) is 6.84. The molecule has 0 saturated carbocycles. The molecule has 9 rings (SSSR count). The molecule has 2 aliphatic rings. The molecule has 2 heteroatoms. The van der Waals surface area contributed by atoms with Crippen molar-refractivity contribution in [1.29, 1.82) is 0 Å². The van der Waals surface area contributed by atoms with E-state index >= 15 is 0 Å². The molecule has 40 heavy (non-hydrogen) atoms. The number of aromatic nitrogens is 1. The van der Waals surface area contributed by atoms with E-state index in [1.807, 2.05) is 11.8 Å². The third-order valence-electron chi connectivity index (χ3n) is 8.69. The predicted octanol–water partition coefficient (Wildman–Crippen LogP) is 10.4. The lowest BCUT2D eigenvalue weighted by molar-refractivity contribution is 0.881. The maximum atomic E-state index is 2.46. The zero-order valence-corrected chi connectivity index (χ0v) is 22.6. The first-order chi connectivity index (χ1) is 19.8. The van der Waals surface area contributed by atoms with Crippen LogP contribution in [0.4, 0.5) is 0 Å². The van der Waals surface area contributed by atoms with Crippen molar-refractivity contribution >= 4 is 55.1 Å². The molecule has 0 fully saturated rings. The fourth-order valence-corrected chi connectivity index (χ4v) is 8.32. The van der Waals surface area contributed by atoms with Gasteiger partial charge in [-0.05, 0) is 69.2 Å². The molecule has 2 unspecified atom stereocenters. The third kappa shape index (κ3) is 3.17. The number of thioether (sulfide) groups is 1. The van der Waals surface area contributed by atoms with Gasteiger partial charge in [-0.1, -0.05) is 103 Å².